The molecule has 1 aromatic heterocycles. The standard InChI is InChI=1S/C17H23N3O3/c1-6-7-11-8-12(15(21)23-5)13(18-9-11)14-19-16(22)17(4,20-14)10(2)3/h6-10,14,20H,1-5H3,(H,19,22)/b7-6-. The average Bonchev–Trinajstić information content (AvgIpc) is 2.83. The third-order valence-electron chi connectivity index (χ3n) is 4.32. The molecule has 6 nitrogen and oxygen atoms in total. The van der Waals surface area contributed by atoms with E-state index in [4.69, 9.17) is 4.74 Å². The van der Waals surface area contributed by atoms with Crippen LogP contribution in [0.3, 0.4) is 0 Å². The molecule has 1 saturated heterocycles. The van der Waals surface area contributed by atoms with E-state index in [1.807, 2.05) is 39.8 Å². The fourth-order valence-electron chi connectivity index (χ4n) is 2.53. The zero-order chi connectivity index (χ0) is 17.2. The van der Waals surface area contributed by atoms with Crippen molar-refractivity contribution in [1.82, 2.24) is 15.6 Å². The van der Waals surface area contributed by atoms with Crippen LogP contribution in [0.1, 0.15) is 55.5 Å². The van der Waals surface area contributed by atoms with E-state index in [9.17, 15) is 9.59 Å². The van der Waals surface area contributed by atoms with Gasteiger partial charge in [0.25, 0.3) is 0 Å². The molecule has 0 aromatic carbocycles. The third kappa shape index (κ3) is 3.12. The number of allylic oxidation sites excluding steroid dienone is 1. The van der Waals surface area contributed by atoms with Crippen molar-refractivity contribution in [3.8, 4) is 0 Å². The summed E-state index contributed by atoms with van der Waals surface area (Å²) in [4.78, 5) is 28.8. The van der Waals surface area contributed by atoms with E-state index in [1.165, 1.54) is 7.11 Å². The molecule has 1 fully saturated rings. The first-order valence-electron chi connectivity index (χ1n) is 7.63. The van der Waals surface area contributed by atoms with Crippen LogP contribution in [0, 0.1) is 5.92 Å². The van der Waals surface area contributed by atoms with Crippen LogP contribution in [0.4, 0.5) is 0 Å². The number of amides is 1. The van der Waals surface area contributed by atoms with E-state index >= 15 is 0 Å². The number of methoxy groups -OCH3 is 1. The minimum atomic E-state index is -0.707. The minimum absolute atomic E-state index is 0.0939. The lowest BCUT2D eigenvalue weighted by Crippen LogP contribution is -2.48. The maximum Gasteiger partial charge on any atom is 0.339 e. The highest BCUT2D eigenvalue weighted by molar-refractivity contribution is 5.93. The van der Waals surface area contributed by atoms with E-state index < -0.39 is 17.7 Å². The second-order valence-electron chi connectivity index (χ2n) is 6.10. The second-order valence-corrected chi connectivity index (χ2v) is 6.10. The first kappa shape index (κ1) is 17.1. The van der Waals surface area contributed by atoms with Crippen molar-refractivity contribution in [3.63, 3.8) is 0 Å². The number of pyridine rings is 1. The number of carbonyl (C=O) groups excluding carboxylic acids is 2. The summed E-state index contributed by atoms with van der Waals surface area (Å²) in [7, 11) is 1.33. The molecule has 1 aliphatic heterocycles. The Balaban J connectivity index is 2.44. The number of carbonyl (C=O) groups is 2. The van der Waals surface area contributed by atoms with Gasteiger partial charge >= 0.3 is 5.97 Å². The Hall–Kier alpha value is -2.21. The SMILES string of the molecule is C/C=C\c1cnc(C2NC(=O)C(C)(C(C)C)N2)c(C(=O)OC)c1. The zero-order valence-corrected chi connectivity index (χ0v) is 14.1. The van der Waals surface area contributed by atoms with Crippen LogP contribution in [0.5, 0.6) is 0 Å². The van der Waals surface area contributed by atoms with Crippen molar-refractivity contribution in [2.75, 3.05) is 7.11 Å². The Morgan fingerprint density at radius 2 is 2.17 bits per heavy atom. The number of nitrogens with one attached hydrogen (secondary N) is 2. The monoisotopic (exact) mass is 317 g/mol. The van der Waals surface area contributed by atoms with Gasteiger partial charge in [0, 0.05) is 6.20 Å². The van der Waals surface area contributed by atoms with E-state index in [1.54, 1.807) is 12.3 Å². The maximum absolute atomic E-state index is 12.3. The van der Waals surface area contributed by atoms with Gasteiger partial charge in [-0.2, -0.15) is 0 Å². The summed E-state index contributed by atoms with van der Waals surface area (Å²) in [5, 5.41) is 6.13. The molecular formula is C17H23N3O3. The Bertz CT molecular complexity index is 654. The highest BCUT2D eigenvalue weighted by atomic mass is 16.5. The molecule has 0 radical (unpaired) electrons. The van der Waals surface area contributed by atoms with Crippen molar-refractivity contribution in [3.05, 3.63) is 35.2 Å². The van der Waals surface area contributed by atoms with Gasteiger partial charge < -0.3 is 10.1 Å². The molecule has 0 spiro atoms. The Morgan fingerprint density at radius 1 is 1.48 bits per heavy atom. The van der Waals surface area contributed by atoms with Crippen molar-refractivity contribution < 1.29 is 14.3 Å². The van der Waals surface area contributed by atoms with E-state index in [2.05, 4.69) is 15.6 Å². The molecule has 1 aliphatic rings. The first-order valence-corrected chi connectivity index (χ1v) is 7.63. The Labute approximate surface area is 136 Å². The predicted molar refractivity (Wildman–Crippen MR) is 87.5 cm³/mol. The van der Waals surface area contributed by atoms with Gasteiger partial charge in [0.05, 0.1) is 23.9 Å². The van der Waals surface area contributed by atoms with Crippen LogP contribution in [-0.4, -0.2) is 29.5 Å². The zero-order valence-electron chi connectivity index (χ0n) is 14.1. The smallest absolute Gasteiger partial charge is 0.339 e. The van der Waals surface area contributed by atoms with E-state index in [0.717, 1.165) is 5.56 Å². The largest absolute Gasteiger partial charge is 0.465 e. The highest BCUT2D eigenvalue weighted by Gasteiger charge is 2.46. The van der Waals surface area contributed by atoms with Crippen LogP contribution in [0.2, 0.25) is 0 Å². The van der Waals surface area contributed by atoms with Crippen molar-refractivity contribution in [2.45, 2.75) is 39.4 Å². The fourth-order valence-corrected chi connectivity index (χ4v) is 2.53. The average molecular weight is 317 g/mol. The van der Waals surface area contributed by atoms with Gasteiger partial charge in [-0.25, -0.2) is 4.79 Å². The van der Waals surface area contributed by atoms with Gasteiger partial charge in [-0.3, -0.25) is 15.1 Å². The maximum atomic E-state index is 12.3. The number of nitrogens with zero attached hydrogens (tertiary/aromatic N) is 1. The fraction of sp³-hybridized carbons (Fsp3) is 0.471. The molecule has 1 aromatic rings. The number of rotatable bonds is 4. The number of hydrogen-bond acceptors (Lipinski definition) is 5. The topological polar surface area (TPSA) is 80.3 Å². The molecule has 2 rings (SSSR count). The van der Waals surface area contributed by atoms with E-state index in [-0.39, 0.29) is 11.8 Å². The molecule has 0 saturated carbocycles. The summed E-state index contributed by atoms with van der Waals surface area (Å²) >= 11 is 0. The lowest BCUT2D eigenvalue weighted by atomic mass is 9.89. The number of esters is 1. The summed E-state index contributed by atoms with van der Waals surface area (Å²) in [6, 6.07) is 1.72. The summed E-state index contributed by atoms with van der Waals surface area (Å²) in [6.07, 6.45) is 4.86. The lowest BCUT2D eigenvalue weighted by molar-refractivity contribution is -0.125. The molecule has 2 unspecified atom stereocenters. The minimum Gasteiger partial charge on any atom is -0.465 e. The molecule has 1 amide bonds. The Kier molecular flexibility index (Phi) is 4.85. The lowest BCUT2D eigenvalue weighted by Gasteiger charge is -2.26. The van der Waals surface area contributed by atoms with Crippen molar-refractivity contribution >= 4 is 18.0 Å². The van der Waals surface area contributed by atoms with Crippen molar-refractivity contribution in [2.24, 2.45) is 5.92 Å². The Morgan fingerprint density at radius 3 is 2.70 bits per heavy atom. The summed E-state index contributed by atoms with van der Waals surface area (Å²) in [5.41, 5.74) is 0.895. The van der Waals surface area contributed by atoms with E-state index in [0.29, 0.717) is 11.3 Å². The molecule has 2 heterocycles. The van der Waals surface area contributed by atoms with Crippen LogP contribution >= 0.6 is 0 Å². The molecule has 0 aliphatic carbocycles. The molecule has 2 atom stereocenters. The molecular weight excluding hydrogens is 294 g/mol. The van der Waals surface area contributed by atoms with Crippen LogP contribution in [0.25, 0.3) is 6.08 Å². The summed E-state index contributed by atoms with van der Waals surface area (Å²) in [6.45, 7) is 7.68. The normalized spacial score (nSPS) is 24.3. The molecule has 6 heteroatoms. The number of hydrogen-bond donors (Lipinski definition) is 2. The van der Waals surface area contributed by atoms with Gasteiger partial charge in [-0.15, -0.1) is 0 Å². The van der Waals surface area contributed by atoms with Crippen LogP contribution in [-0.2, 0) is 9.53 Å². The molecule has 23 heavy (non-hydrogen) atoms. The van der Waals surface area contributed by atoms with Gasteiger partial charge in [0.2, 0.25) is 5.91 Å². The quantitative estimate of drug-likeness (QED) is 0.831. The van der Waals surface area contributed by atoms with Crippen LogP contribution < -0.4 is 10.6 Å². The van der Waals surface area contributed by atoms with Gasteiger partial charge in [0.1, 0.15) is 6.17 Å². The first-order chi connectivity index (χ1) is 10.8. The third-order valence-corrected chi connectivity index (χ3v) is 4.32. The molecule has 2 N–H and O–H groups in total. The molecule has 0 bridgehead atoms. The predicted octanol–water partition coefficient (Wildman–Crippen LogP) is 2.03. The number of ether oxygens (including phenoxy) is 1. The van der Waals surface area contributed by atoms with Gasteiger partial charge in [-0.05, 0) is 31.4 Å². The van der Waals surface area contributed by atoms with Gasteiger partial charge in [-0.1, -0.05) is 26.0 Å². The summed E-state index contributed by atoms with van der Waals surface area (Å²) < 4.78 is 4.85. The second kappa shape index (κ2) is 6.50. The van der Waals surface area contributed by atoms with Crippen LogP contribution in [0.15, 0.2) is 18.3 Å². The van der Waals surface area contributed by atoms with Crippen molar-refractivity contribution in [1.29, 1.82) is 0 Å². The number of aromatic nitrogens is 1. The highest BCUT2D eigenvalue weighted by Crippen LogP contribution is 2.29. The molecule has 124 valence electrons. The van der Waals surface area contributed by atoms with Gasteiger partial charge in [0.15, 0.2) is 0 Å². The summed E-state index contributed by atoms with van der Waals surface area (Å²) in [5.74, 6) is -0.489.